The summed E-state index contributed by atoms with van der Waals surface area (Å²) in [4.78, 5) is 26.7. The zero-order valence-corrected chi connectivity index (χ0v) is 15.9. The Balaban J connectivity index is 1.44. The predicted molar refractivity (Wildman–Crippen MR) is 105 cm³/mol. The van der Waals surface area contributed by atoms with Crippen molar-refractivity contribution in [1.82, 2.24) is 19.7 Å². The number of para-hydroxylation sites is 1. The van der Waals surface area contributed by atoms with Crippen LogP contribution in [0.3, 0.4) is 0 Å². The monoisotopic (exact) mass is 385 g/mol. The van der Waals surface area contributed by atoms with Gasteiger partial charge in [-0.15, -0.1) is 16.8 Å². The summed E-state index contributed by atoms with van der Waals surface area (Å²) in [7, 11) is 0. The van der Waals surface area contributed by atoms with Gasteiger partial charge >= 0.3 is 0 Å². The van der Waals surface area contributed by atoms with Crippen molar-refractivity contribution in [2.45, 2.75) is 24.5 Å². The lowest BCUT2D eigenvalue weighted by Crippen LogP contribution is -2.42. The lowest BCUT2D eigenvalue weighted by Gasteiger charge is -2.31. The summed E-state index contributed by atoms with van der Waals surface area (Å²) in [6.45, 7) is 5.52. The second-order valence-corrected chi connectivity index (χ2v) is 7.30. The number of anilines is 1. The van der Waals surface area contributed by atoms with E-state index < -0.39 is 0 Å². The number of carbonyl (C=O) groups excluding carboxylic acids is 2. The molecule has 142 valence electrons. The SMILES string of the molecule is C=CCn1cnnc1SCC(=O)N1CCC(C(=O)Nc2ccccc2)CC1. The van der Waals surface area contributed by atoms with Gasteiger partial charge in [0.25, 0.3) is 0 Å². The van der Waals surface area contributed by atoms with E-state index in [2.05, 4.69) is 22.1 Å². The molecule has 0 radical (unpaired) electrons. The van der Waals surface area contributed by atoms with Gasteiger partial charge in [0.05, 0.1) is 5.75 Å². The van der Waals surface area contributed by atoms with Crippen LogP contribution in [0.5, 0.6) is 0 Å². The van der Waals surface area contributed by atoms with Gasteiger partial charge in [-0.1, -0.05) is 36.0 Å². The number of hydrogen-bond donors (Lipinski definition) is 1. The van der Waals surface area contributed by atoms with E-state index in [-0.39, 0.29) is 17.7 Å². The van der Waals surface area contributed by atoms with Crippen molar-refractivity contribution < 1.29 is 9.59 Å². The minimum absolute atomic E-state index is 0.0280. The summed E-state index contributed by atoms with van der Waals surface area (Å²) in [5.41, 5.74) is 0.807. The first-order valence-electron chi connectivity index (χ1n) is 8.92. The van der Waals surface area contributed by atoms with Crippen LogP contribution in [-0.2, 0) is 16.1 Å². The van der Waals surface area contributed by atoms with Crippen molar-refractivity contribution in [2.24, 2.45) is 5.92 Å². The van der Waals surface area contributed by atoms with E-state index >= 15 is 0 Å². The molecule has 1 aliphatic heterocycles. The van der Waals surface area contributed by atoms with E-state index in [1.165, 1.54) is 11.8 Å². The first-order valence-corrected chi connectivity index (χ1v) is 9.91. The topological polar surface area (TPSA) is 80.1 Å². The Bertz CT molecular complexity index is 784. The molecular weight excluding hydrogens is 362 g/mol. The van der Waals surface area contributed by atoms with Gasteiger partial charge in [-0.05, 0) is 25.0 Å². The lowest BCUT2D eigenvalue weighted by molar-refractivity contribution is -0.132. The Hall–Kier alpha value is -2.61. The van der Waals surface area contributed by atoms with Gasteiger partial charge in [-0.3, -0.25) is 9.59 Å². The molecule has 0 unspecified atom stereocenters. The van der Waals surface area contributed by atoms with Gasteiger partial charge < -0.3 is 14.8 Å². The normalized spacial score (nSPS) is 14.7. The van der Waals surface area contributed by atoms with Gasteiger partial charge in [0.2, 0.25) is 11.8 Å². The predicted octanol–water partition coefficient (Wildman–Crippen LogP) is 2.43. The maximum absolute atomic E-state index is 12.5. The summed E-state index contributed by atoms with van der Waals surface area (Å²) in [5, 5.41) is 11.6. The molecule has 0 aliphatic carbocycles. The van der Waals surface area contributed by atoms with E-state index in [0.29, 0.717) is 43.4 Å². The van der Waals surface area contributed by atoms with Crippen molar-refractivity contribution in [1.29, 1.82) is 0 Å². The van der Waals surface area contributed by atoms with Crippen LogP contribution in [0, 0.1) is 5.92 Å². The van der Waals surface area contributed by atoms with Crippen LogP contribution < -0.4 is 5.32 Å². The summed E-state index contributed by atoms with van der Waals surface area (Å²) in [6, 6.07) is 9.45. The molecule has 0 bridgehead atoms. The molecule has 7 nitrogen and oxygen atoms in total. The van der Waals surface area contributed by atoms with Crippen LogP contribution in [0.25, 0.3) is 0 Å². The molecule has 0 spiro atoms. The van der Waals surface area contributed by atoms with Crippen LogP contribution in [-0.4, -0.2) is 50.3 Å². The average molecular weight is 385 g/mol. The molecule has 1 aromatic heterocycles. The van der Waals surface area contributed by atoms with Crippen molar-refractivity contribution in [3.05, 3.63) is 49.3 Å². The summed E-state index contributed by atoms with van der Waals surface area (Å²) in [5.74, 6) is 0.351. The molecule has 8 heteroatoms. The first kappa shape index (κ1) is 19.2. The summed E-state index contributed by atoms with van der Waals surface area (Å²) < 4.78 is 1.85. The lowest BCUT2D eigenvalue weighted by atomic mass is 9.96. The second kappa shape index (κ2) is 9.36. The van der Waals surface area contributed by atoms with Gasteiger partial charge in [0, 0.05) is 31.2 Å². The average Bonchev–Trinajstić information content (AvgIpc) is 3.14. The molecule has 2 amide bonds. The van der Waals surface area contributed by atoms with Gasteiger partial charge in [-0.2, -0.15) is 0 Å². The fraction of sp³-hybridized carbons (Fsp3) is 0.368. The first-order chi connectivity index (χ1) is 13.2. The number of benzene rings is 1. The number of likely N-dealkylation sites (tertiary alicyclic amines) is 1. The highest BCUT2D eigenvalue weighted by Crippen LogP contribution is 2.21. The molecule has 0 saturated carbocycles. The number of nitrogens with one attached hydrogen (secondary N) is 1. The third kappa shape index (κ3) is 5.19. The molecule has 0 atom stereocenters. The van der Waals surface area contributed by atoms with E-state index in [1.54, 1.807) is 12.4 Å². The van der Waals surface area contributed by atoms with Crippen LogP contribution in [0.15, 0.2) is 54.5 Å². The van der Waals surface area contributed by atoms with Crippen molar-refractivity contribution in [3.8, 4) is 0 Å². The van der Waals surface area contributed by atoms with Gasteiger partial charge in [-0.25, -0.2) is 0 Å². The third-order valence-corrected chi connectivity index (χ3v) is 5.46. The Kier molecular flexibility index (Phi) is 6.64. The second-order valence-electron chi connectivity index (χ2n) is 6.35. The molecule has 2 heterocycles. The highest BCUT2D eigenvalue weighted by molar-refractivity contribution is 7.99. The maximum Gasteiger partial charge on any atom is 0.233 e. The summed E-state index contributed by atoms with van der Waals surface area (Å²) in [6.07, 6.45) is 4.76. The number of thioether (sulfide) groups is 1. The number of nitrogens with zero attached hydrogens (tertiary/aromatic N) is 4. The number of rotatable bonds is 7. The summed E-state index contributed by atoms with van der Waals surface area (Å²) >= 11 is 1.38. The van der Waals surface area contributed by atoms with E-state index in [0.717, 1.165) is 5.69 Å². The quantitative estimate of drug-likeness (QED) is 0.585. The minimum Gasteiger partial charge on any atom is -0.342 e. The van der Waals surface area contributed by atoms with E-state index in [1.807, 2.05) is 39.8 Å². The Labute approximate surface area is 162 Å². The number of carbonyl (C=O) groups is 2. The van der Waals surface area contributed by atoms with Crippen LogP contribution in [0.1, 0.15) is 12.8 Å². The molecule has 1 aliphatic rings. The Morgan fingerprint density at radius 2 is 2.00 bits per heavy atom. The van der Waals surface area contributed by atoms with E-state index in [4.69, 9.17) is 0 Å². The smallest absolute Gasteiger partial charge is 0.233 e. The fourth-order valence-corrected chi connectivity index (χ4v) is 3.82. The fourth-order valence-electron chi connectivity index (χ4n) is 2.99. The highest BCUT2D eigenvalue weighted by Gasteiger charge is 2.27. The molecule has 1 fully saturated rings. The van der Waals surface area contributed by atoms with E-state index in [9.17, 15) is 9.59 Å². The molecule has 1 N–H and O–H groups in total. The number of aromatic nitrogens is 3. The number of allylic oxidation sites excluding steroid dienone is 1. The van der Waals surface area contributed by atoms with Crippen LogP contribution >= 0.6 is 11.8 Å². The maximum atomic E-state index is 12.5. The highest BCUT2D eigenvalue weighted by atomic mass is 32.2. The number of hydrogen-bond acceptors (Lipinski definition) is 5. The number of amides is 2. The van der Waals surface area contributed by atoms with Crippen molar-refractivity contribution in [3.63, 3.8) is 0 Å². The molecule has 3 rings (SSSR count). The molecular formula is C19H23N5O2S. The molecule has 2 aromatic rings. The zero-order valence-electron chi connectivity index (χ0n) is 15.1. The largest absolute Gasteiger partial charge is 0.342 e. The Morgan fingerprint density at radius 1 is 1.26 bits per heavy atom. The molecule has 1 aromatic carbocycles. The minimum atomic E-state index is -0.0578. The van der Waals surface area contributed by atoms with Crippen LogP contribution in [0.2, 0.25) is 0 Å². The standard InChI is InChI=1S/C19H23N5O2S/c1-2-10-24-14-20-22-19(24)27-13-17(25)23-11-8-15(9-12-23)18(26)21-16-6-4-3-5-7-16/h2-7,14-15H,1,8-13H2,(H,21,26). The van der Waals surface area contributed by atoms with Crippen molar-refractivity contribution in [2.75, 3.05) is 24.2 Å². The van der Waals surface area contributed by atoms with Crippen molar-refractivity contribution >= 4 is 29.3 Å². The van der Waals surface area contributed by atoms with Gasteiger partial charge in [0.15, 0.2) is 5.16 Å². The molecule has 1 saturated heterocycles. The van der Waals surface area contributed by atoms with Gasteiger partial charge in [0.1, 0.15) is 6.33 Å². The van der Waals surface area contributed by atoms with Crippen LogP contribution in [0.4, 0.5) is 5.69 Å². The number of piperidine rings is 1. The Morgan fingerprint density at radius 3 is 2.70 bits per heavy atom. The molecule has 27 heavy (non-hydrogen) atoms. The zero-order chi connectivity index (χ0) is 19.1. The third-order valence-electron chi connectivity index (χ3n) is 4.49.